The molecule has 144 valence electrons. The predicted molar refractivity (Wildman–Crippen MR) is 106 cm³/mol. The van der Waals surface area contributed by atoms with Gasteiger partial charge in [0, 0.05) is 29.9 Å². The number of anilines is 1. The number of sulfone groups is 1. The second-order valence-electron chi connectivity index (χ2n) is 5.79. The summed E-state index contributed by atoms with van der Waals surface area (Å²) in [6, 6.07) is 11.1. The van der Waals surface area contributed by atoms with Crippen LogP contribution in [0.15, 0.2) is 51.8 Å². The second-order valence-corrected chi connectivity index (χ2v) is 8.72. The fraction of sp³-hybridized carbons (Fsp3) is 0.235. The van der Waals surface area contributed by atoms with Gasteiger partial charge < -0.3 is 10.6 Å². The lowest BCUT2D eigenvalue weighted by molar-refractivity contribution is -0.384. The van der Waals surface area contributed by atoms with Crippen molar-refractivity contribution in [3.63, 3.8) is 0 Å². The quantitative estimate of drug-likeness (QED) is 0.358. The van der Waals surface area contributed by atoms with Gasteiger partial charge in [0.25, 0.3) is 5.69 Å². The molecule has 0 saturated carbocycles. The van der Waals surface area contributed by atoms with E-state index in [4.69, 9.17) is 0 Å². The number of nitrogens with one attached hydrogen (secondary N) is 2. The standard InChI is InChI=1S/C17H18BrN3O5S/c1-27(25,26)14-6-7-15(16(11-14)21(23)24)19-8-9-20-17(22)10-12-2-4-13(18)5-3-12/h2-7,11,19H,8-10H2,1H3,(H,20,22). The minimum atomic E-state index is -3.54. The molecule has 0 aliphatic rings. The Morgan fingerprint density at radius 3 is 2.41 bits per heavy atom. The molecule has 10 heteroatoms. The molecule has 0 heterocycles. The largest absolute Gasteiger partial charge is 0.378 e. The Morgan fingerprint density at radius 2 is 1.81 bits per heavy atom. The molecule has 0 radical (unpaired) electrons. The van der Waals surface area contributed by atoms with Gasteiger partial charge in [0.05, 0.1) is 16.2 Å². The highest BCUT2D eigenvalue weighted by molar-refractivity contribution is 9.10. The fourth-order valence-electron chi connectivity index (χ4n) is 2.29. The van der Waals surface area contributed by atoms with Gasteiger partial charge >= 0.3 is 0 Å². The predicted octanol–water partition coefficient (Wildman–Crippen LogP) is 2.53. The highest BCUT2D eigenvalue weighted by atomic mass is 79.9. The lowest BCUT2D eigenvalue weighted by Gasteiger charge is -2.09. The lowest BCUT2D eigenvalue weighted by Crippen LogP contribution is -2.30. The number of hydrogen-bond donors (Lipinski definition) is 2. The maximum atomic E-state index is 11.9. The number of benzene rings is 2. The summed E-state index contributed by atoms with van der Waals surface area (Å²) in [7, 11) is -3.54. The second kappa shape index (κ2) is 8.96. The molecule has 0 spiro atoms. The number of amides is 1. The summed E-state index contributed by atoms with van der Waals surface area (Å²) < 4.78 is 24.0. The van der Waals surface area contributed by atoms with Crippen molar-refractivity contribution >= 4 is 43.0 Å². The van der Waals surface area contributed by atoms with E-state index in [0.29, 0.717) is 0 Å². The molecular weight excluding hydrogens is 438 g/mol. The Hall–Kier alpha value is -2.46. The van der Waals surface area contributed by atoms with Crippen LogP contribution in [0.3, 0.4) is 0 Å². The third kappa shape index (κ3) is 6.33. The molecule has 0 aliphatic carbocycles. The molecule has 0 fully saturated rings. The number of nitro groups is 1. The van der Waals surface area contributed by atoms with Gasteiger partial charge in [0.1, 0.15) is 5.69 Å². The van der Waals surface area contributed by atoms with Crippen LogP contribution in [0, 0.1) is 10.1 Å². The van der Waals surface area contributed by atoms with Crippen molar-refractivity contribution in [2.24, 2.45) is 0 Å². The Morgan fingerprint density at radius 1 is 1.15 bits per heavy atom. The summed E-state index contributed by atoms with van der Waals surface area (Å²) in [4.78, 5) is 22.3. The summed E-state index contributed by atoms with van der Waals surface area (Å²) in [6.45, 7) is 0.519. The molecule has 2 rings (SSSR count). The average molecular weight is 456 g/mol. The van der Waals surface area contributed by atoms with Crippen molar-refractivity contribution in [1.82, 2.24) is 5.32 Å². The first-order chi connectivity index (χ1) is 12.7. The molecule has 0 atom stereocenters. The Labute approximate surface area is 165 Å². The zero-order valence-corrected chi connectivity index (χ0v) is 16.8. The topological polar surface area (TPSA) is 118 Å². The molecule has 2 aromatic rings. The maximum absolute atomic E-state index is 11.9. The number of nitrogens with zero attached hydrogens (tertiary/aromatic N) is 1. The highest BCUT2D eigenvalue weighted by Gasteiger charge is 2.18. The third-order valence-electron chi connectivity index (χ3n) is 3.63. The third-order valence-corrected chi connectivity index (χ3v) is 5.27. The summed E-state index contributed by atoms with van der Waals surface area (Å²) in [6.07, 6.45) is 1.22. The number of halogens is 1. The molecule has 0 unspecified atom stereocenters. The van der Waals surface area contributed by atoms with E-state index in [1.54, 1.807) is 0 Å². The van der Waals surface area contributed by atoms with E-state index in [1.165, 1.54) is 12.1 Å². The van der Waals surface area contributed by atoms with Gasteiger partial charge in [0.2, 0.25) is 5.91 Å². The first kappa shape index (κ1) is 20.8. The Balaban J connectivity index is 1.90. The smallest absolute Gasteiger partial charge is 0.293 e. The van der Waals surface area contributed by atoms with E-state index in [-0.39, 0.29) is 41.7 Å². The molecule has 0 aromatic heterocycles. The summed E-state index contributed by atoms with van der Waals surface area (Å²) in [5, 5.41) is 16.7. The van der Waals surface area contributed by atoms with E-state index in [2.05, 4.69) is 26.6 Å². The molecule has 8 nitrogen and oxygen atoms in total. The fourth-order valence-corrected chi connectivity index (χ4v) is 3.20. The van der Waals surface area contributed by atoms with E-state index < -0.39 is 14.8 Å². The Kier molecular flexibility index (Phi) is 6.92. The van der Waals surface area contributed by atoms with Crippen LogP contribution in [0.2, 0.25) is 0 Å². The van der Waals surface area contributed by atoms with Gasteiger partial charge in [-0.1, -0.05) is 28.1 Å². The van der Waals surface area contributed by atoms with Crippen molar-refractivity contribution in [3.05, 3.63) is 62.6 Å². The minimum Gasteiger partial charge on any atom is -0.378 e. The molecule has 0 bridgehead atoms. The van der Waals surface area contributed by atoms with E-state index >= 15 is 0 Å². The van der Waals surface area contributed by atoms with Crippen LogP contribution in [0.25, 0.3) is 0 Å². The van der Waals surface area contributed by atoms with Gasteiger partial charge in [-0.05, 0) is 29.8 Å². The average Bonchev–Trinajstić information content (AvgIpc) is 2.59. The van der Waals surface area contributed by atoms with Gasteiger partial charge in [-0.3, -0.25) is 14.9 Å². The molecular formula is C17H18BrN3O5S. The van der Waals surface area contributed by atoms with Crippen molar-refractivity contribution in [1.29, 1.82) is 0 Å². The van der Waals surface area contributed by atoms with Crippen LogP contribution in [0.5, 0.6) is 0 Å². The summed E-state index contributed by atoms with van der Waals surface area (Å²) in [5.41, 5.74) is 0.726. The van der Waals surface area contributed by atoms with Crippen LogP contribution in [0.1, 0.15) is 5.56 Å². The summed E-state index contributed by atoms with van der Waals surface area (Å²) in [5.74, 6) is -0.166. The van der Waals surface area contributed by atoms with Crippen molar-refractivity contribution < 1.29 is 18.1 Å². The number of carbonyl (C=O) groups is 1. The molecule has 1 amide bonds. The van der Waals surface area contributed by atoms with Gasteiger partial charge in [-0.25, -0.2) is 8.42 Å². The van der Waals surface area contributed by atoms with E-state index in [1.807, 2.05) is 24.3 Å². The lowest BCUT2D eigenvalue weighted by atomic mass is 10.1. The first-order valence-corrected chi connectivity index (χ1v) is 10.6. The molecule has 0 aliphatic heterocycles. The number of rotatable bonds is 8. The van der Waals surface area contributed by atoms with Crippen LogP contribution in [0.4, 0.5) is 11.4 Å². The van der Waals surface area contributed by atoms with Crippen LogP contribution >= 0.6 is 15.9 Å². The minimum absolute atomic E-state index is 0.123. The van der Waals surface area contributed by atoms with Crippen LogP contribution < -0.4 is 10.6 Å². The first-order valence-electron chi connectivity index (χ1n) is 7.90. The van der Waals surface area contributed by atoms with Gasteiger partial charge in [-0.15, -0.1) is 0 Å². The van der Waals surface area contributed by atoms with Gasteiger partial charge in [-0.2, -0.15) is 0 Å². The Bertz CT molecular complexity index is 946. The number of hydrogen-bond acceptors (Lipinski definition) is 6. The zero-order chi connectivity index (χ0) is 20.0. The van der Waals surface area contributed by atoms with E-state index in [9.17, 15) is 23.3 Å². The normalized spacial score (nSPS) is 11.0. The molecule has 27 heavy (non-hydrogen) atoms. The molecule has 0 saturated heterocycles. The maximum Gasteiger partial charge on any atom is 0.293 e. The SMILES string of the molecule is CS(=O)(=O)c1ccc(NCCNC(=O)Cc2ccc(Br)cc2)c([N+](=O)[O-])c1. The zero-order valence-electron chi connectivity index (χ0n) is 14.4. The monoisotopic (exact) mass is 455 g/mol. The van der Waals surface area contributed by atoms with Crippen LogP contribution in [-0.4, -0.2) is 38.6 Å². The van der Waals surface area contributed by atoms with E-state index in [0.717, 1.165) is 22.4 Å². The highest BCUT2D eigenvalue weighted by Crippen LogP contribution is 2.27. The van der Waals surface area contributed by atoms with Crippen molar-refractivity contribution in [2.45, 2.75) is 11.3 Å². The van der Waals surface area contributed by atoms with Crippen molar-refractivity contribution in [3.8, 4) is 0 Å². The summed E-state index contributed by atoms with van der Waals surface area (Å²) >= 11 is 3.33. The number of nitro benzene ring substituents is 1. The van der Waals surface area contributed by atoms with Gasteiger partial charge in [0.15, 0.2) is 9.84 Å². The van der Waals surface area contributed by atoms with Crippen molar-refractivity contribution in [2.75, 3.05) is 24.7 Å². The van der Waals surface area contributed by atoms with Crippen LogP contribution in [-0.2, 0) is 21.1 Å². The number of carbonyl (C=O) groups excluding carboxylic acids is 1. The molecule has 2 aromatic carbocycles. The molecule has 2 N–H and O–H groups in total.